The van der Waals surface area contributed by atoms with Crippen LogP contribution in [-0.2, 0) is 22.0 Å². The lowest BCUT2D eigenvalue weighted by Crippen LogP contribution is -2.05. The van der Waals surface area contributed by atoms with Gasteiger partial charge in [-0.3, -0.25) is 0 Å². The summed E-state index contributed by atoms with van der Waals surface area (Å²) in [5.74, 6) is -0.0884. The fourth-order valence-corrected chi connectivity index (χ4v) is 5.24. The van der Waals surface area contributed by atoms with E-state index in [1.807, 2.05) is 47.8 Å². The Morgan fingerprint density at radius 1 is 0.926 bits per heavy atom. The first-order chi connectivity index (χ1) is 13.0. The van der Waals surface area contributed by atoms with Gasteiger partial charge in [-0.25, -0.2) is 13.4 Å². The highest BCUT2D eigenvalue weighted by molar-refractivity contribution is 7.90. The number of hydrogen-bond acceptors (Lipinski definition) is 4. The summed E-state index contributed by atoms with van der Waals surface area (Å²) in [7, 11) is -3.44. The Labute approximate surface area is 163 Å². The number of nitrogens with zero attached hydrogens (tertiary/aromatic N) is 1. The number of fused-ring (bicyclic) bond motifs is 1. The topological polar surface area (TPSA) is 47.0 Å². The third-order valence-corrected chi connectivity index (χ3v) is 7.17. The molecule has 0 saturated carbocycles. The van der Waals surface area contributed by atoms with Crippen LogP contribution in [0.1, 0.15) is 18.2 Å². The normalized spacial score (nSPS) is 11.7. The first-order valence-electron chi connectivity index (χ1n) is 8.80. The van der Waals surface area contributed by atoms with Crippen LogP contribution in [0.2, 0.25) is 0 Å². The van der Waals surface area contributed by atoms with Crippen LogP contribution in [-0.4, -0.2) is 13.4 Å². The molecule has 0 aliphatic rings. The predicted octanol–water partition coefficient (Wildman–Crippen LogP) is 5.50. The molecule has 0 spiro atoms. The van der Waals surface area contributed by atoms with Crippen molar-refractivity contribution in [1.82, 2.24) is 4.98 Å². The van der Waals surface area contributed by atoms with Crippen molar-refractivity contribution < 1.29 is 8.42 Å². The number of sulfone groups is 1. The Morgan fingerprint density at radius 3 is 2.41 bits per heavy atom. The smallest absolute Gasteiger partial charge is 0.184 e. The molecule has 5 heteroatoms. The van der Waals surface area contributed by atoms with Crippen LogP contribution in [0.4, 0.5) is 0 Å². The number of aromatic nitrogens is 1. The fourth-order valence-electron chi connectivity index (χ4n) is 3.03. The van der Waals surface area contributed by atoms with Crippen molar-refractivity contribution >= 4 is 31.9 Å². The first kappa shape index (κ1) is 17.9. The second kappa shape index (κ2) is 7.25. The fraction of sp³-hybridized carbons (Fsp3) is 0.136. The lowest BCUT2D eigenvalue weighted by Gasteiger charge is -2.05. The molecule has 3 aromatic carbocycles. The van der Waals surface area contributed by atoms with Crippen molar-refractivity contribution in [2.45, 2.75) is 24.0 Å². The standard InChI is InChI=1S/C22H19NO2S2/c1-2-16-7-9-18(10-8-16)22-23-20(14-26-22)15-27(24,25)21-12-11-17-5-3-4-6-19(17)13-21/h3-14H,2,15H2,1H3. The van der Waals surface area contributed by atoms with Crippen molar-refractivity contribution in [3.05, 3.63) is 83.4 Å². The number of rotatable bonds is 5. The predicted molar refractivity (Wildman–Crippen MR) is 112 cm³/mol. The van der Waals surface area contributed by atoms with Crippen molar-refractivity contribution in [2.24, 2.45) is 0 Å². The summed E-state index contributed by atoms with van der Waals surface area (Å²) >= 11 is 1.48. The molecule has 136 valence electrons. The molecule has 0 radical (unpaired) electrons. The molecule has 0 bridgehead atoms. The second-order valence-electron chi connectivity index (χ2n) is 6.46. The van der Waals surface area contributed by atoms with Gasteiger partial charge in [0, 0.05) is 10.9 Å². The van der Waals surface area contributed by atoms with Crippen LogP contribution >= 0.6 is 11.3 Å². The van der Waals surface area contributed by atoms with Crippen LogP contribution in [0.5, 0.6) is 0 Å². The van der Waals surface area contributed by atoms with Crippen molar-refractivity contribution in [1.29, 1.82) is 0 Å². The van der Waals surface area contributed by atoms with Gasteiger partial charge in [-0.1, -0.05) is 61.5 Å². The minimum absolute atomic E-state index is 0.0884. The van der Waals surface area contributed by atoms with Crippen LogP contribution < -0.4 is 0 Å². The highest BCUT2D eigenvalue weighted by Gasteiger charge is 2.18. The van der Waals surface area contributed by atoms with Crippen LogP contribution in [0.15, 0.2) is 77.0 Å². The molecule has 0 saturated heterocycles. The molecule has 4 rings (SSSR count). The van der Waals surface area contributed by atoms with Gasteiger partial charge in [0.15, 0.2) is 9.84 Å². The molecule has 1 aromatic heterocycles. The van der Waals surface area contributed by atoms with Gasteiger partial charge >= 0.3 is 0 Å². The van der Waals surface area contributed by atoms with Crippen LogP contribution in [0.25, 0.3) is 21.3 Å². The summed E-state index contributed by atoms with van der Waals surface area (Å²) in [6.45, 7) is 2.12. The third-order valence-electron chi connectivity index (χ3n) is 4.58. The molecule has 0 fully saturated rings. The Kier molecular flexibility index (Phi) is 4.81. The van der Waals surface area contributed by atoms with Gasteiger partial charge in [0.2, 0.25) is 0 Å². The second-order valence-corrected chi connectivity index (χ2v) is 9.31. The van der Waals surface area contributed by atoms with Gasteiger partial charge in [-0.05, 0) is 34.9 Å². The van der Waals surface area contributed by atoms with E-state index in [2.05, 4.69) is 24.0 Å². The van der Waals surface area contributed by atoms with Gasteiger partial charge in [0.25, 0.3) is 0 Å². The lowest BCUT2D eigenvalue weighted by molar-refractivity contribution is 0.595. The molecular weight excluding hydrogens is 374 g/mol. The Hall–Kier alpha value is -2.50. The Morgan fingerprint density at radius 2 is 1.67 bits per heavy atom. The monoisotopic (exact) mass is 393 g/mol. The van der Waals surface area contributed by atoms with Gasteiger partial charge in [0.1, 0.15) is 5.01 Å². The molecule has 0 atom stereocenters. The van der Waals surface area contributed by atoms with Gasteiger partial charge in [0.05, 0.1) is 16.3 Å². The SMILES string of the molecule is CCc1ccc(-c2nc(CS(=O)(=O)c3ccc4ccccc4c3)cs2)cc1. The Bertz CT molecular complexity index is 1190. The molecule has 0 amide bonds. The first-order valence-corrected chi connectivity index (χ1v) is 11.3. The van der Waals surface area contributed by atoms with Crippen LogP contribution in [0.3, 0.4) is 0 Å². The molecule has 27 heavy (non-hydrogen) atoms. The molecule has 0 aliphatic carbocycles. The minimum Gasteiger partial charge on any atom is -0.240 e. The van der Waals surface area contributed by atoms with E-state index in [0.717, 1.165) is 27.8 Å². The van der Waals surface area contributed by atoms with E-state index in [1.54, 1.807) is 12.1 Å². The molecule has 0 N–H and O–H groups in total. The van der Waals surface area contributed by atoms with Gasteiger partial charge in [-0.2, -0.15) is 0 Å². The number of aryl methyl sites for hydroxylation is 1. The number of thiazole rings is 1. The summed E-state index contributed by atoms with van der Waals surface area (Å²) in [5, 5.41) is 4.64. The van der Waals surface area contributed by atoms with Gasteiger partial charge < -0.3 is 0 Å². The average Bonchev–Trinajstić information content (AvgIpc) is 3.15. The summed E-state index contributed by atoms with van der Waals surface area (Å²) in [4.78, 5) is 4.88. The molecule has 0 aliphatic heterocycles. The highest BCUT2D eigenvalue weighted by Crippen LogP contribution is 2.27. The van der Waals surface area contributed by atoms with Crippen molar-refractivity contribution in [2.75, 3.05) is 0 Å². The zero-order chi connectivity index (χ0) is 18.9. The zero-order valence-corrected chi connectivity index (χ0v) is 16.6. The summed E-state index contributed by atoms with van der Waals surface area (Å²) in [6, 6.07) is 21.3. The summed E-state index contributed by atoms with van der Waals surface area (Å²) in [5.41, 5.74) is 2.88. The van der Waals surface area contributed by atoms with Crippen molar-refractivity contribution in [3.8, 4) is 10.6 Å². The Balaban J connectivity index is 1.59. The average molecular weight is 394 g/mol. The third kappa shape index (κ3) is 3.80. The molecule has 3 nitrogen and oxygen atoms in total. The maximum absolute atomic E-state index is 12.8. The molecular formula is C22H19NO2S2. The summed E-state index contributed by atoms with van der Waals surface area (Å²) < 4.78 is 25.7. The largest absolute Gasteiger partial charge is 0.240 e. The molecule has 4 aromatic rings. The van der Waals surface area contributed by atoms with Crippen molar-refractivity contribution in [3.63, 3.8) is 0 Å². The van der Waals surface area contributed by atoms with Crippen LogP contribution in [0, 0.1) is 0 Å². The number of benzene rings is 3. The zero-order valence-electron chi connectivity index (χ0n) is 14.9. The lowest BCUT2D eigenvalue weighted by atomic mass is 10.1. The van der Waals surface area contributed by atoms with E-state index in [-0.39, 0.29) is 5.75 Å². The van der Waals surface area contributed by atoms with E-state index < -0.39 is 9.84 Å². The number of hydrogen-bond donors (Lipinski definition) is 0. The van der Waals surface area contributed by atoms with Gasteiger partial charge in [-0.15, -0.1) is 11.3 Å². The van der Waals surface area contributed by atoms with E-state index >= 15 is 0 Å². The minimum atomic E-state index is -3.44. The van der Waals surface area contributed by atoms with E-state index in [1.165, 1.54) is 16.9 Å². The van der Waals surface area contributed by atoms with E-state index in [4.69, 9.17) is 0 Å². The summed E-state index contributed by atoms with van der Waals surface area (Å²) in [6.07, 6.45) is 0.993. The highest BCUT2D eigenvalue weighted by atomic mass is 32.2. The van der Waals surface area contributed by atoms with E-state index in [0.29, 0.717) is 10.6 Å². The quantitative estimate of drug-likeness (QED) is 0.450. The maximum atomic E-state index is 12.8. The van der Waals surface area contributed by atoms with E-state index in [9.17, 15) is 8.42 Å². The molecule has 1 heterocycles. The molecule has 0 unspecified atom stereocenters. The maximum Gasteiger partial charge on any atom is 0.184 e.